The van der Waals surface area contributed by atoms with Crippen molar-refractivity contribution in [1.29, 1.82) is 0 Å². The Balaban J connectivity index is 1.53. The minimum absolute atomic E-state index is 0.0984. The van der Waals surface area contributed by atoms with Crippen molar-refractivity contribution in [3.8, 4) is 5.88 Å². The highest BCUT2D eigenvalue weighted by Gasteiger charge is 2.48. The van der Waals surface area contributed by atoms with Gasteiger partial charge in [0.25, 0.3) is 5.91 Å². The Morgan fingerprint density at radius 2 is 2.19 bits per heavy atom. The van der Waals surface area contributed by atoms with E-state index in [1.165, 1.54) is 0 Å². The number of alkyl halides is 3. The molecule has 0 unspecified atom stereocenters. The number of nitrogens with one attached hydrogen (secondary N) is 1. The van der Waals surface area contributed by atoms with Gasteiger partial charge < -0.3 is 15.0 Å². The molecule has 2 aliphatic rings. The Hall–Kier alpha value is -2.78. The molecule has 4 heterocycles. The van der Waals surface area contributed by atoms with Gasteiger partial charge in [0, 0.05) is 31.4 Å². The molecule has 168 valence electrons. The highest BCUT2D eigenvalue weighted by atomic mass is 19.4. The first-order chi connectivity index (χ1) is 14.8. The van der Waals surface area contributed by atoms with Crippen LogP contribution < -0.4 is 10.1 Å². The van der Waals surface area contributed by atoms with E-state index in [1.54, 1.807) is 36.2 Å². The second-order valence-electron chi connectivity index (χ2n) is 8.10. The number of fused-ring (bicyclic) bond motifs is 1. The normalized spacial score (nSPS) is 23.8. The van der Waals surface area contributed by atoms with Gasteiger partial charge in [0.15, 0.2) is 6.04 Å². The number of amides is 1. The van der Waals surface area contributed by atoms with Crippen molar-refractivity contribution in [2.75, 3.05) is 25.0 Å². The van der Waals surface area contributed by atoms with E-state index in [1.807, 2.05) is 6.92 Å². The Kier molecular flexibility index (Phi) is 5.81. The molecule has 31 heavy (non-hydrogen) atoms. The minimum atomic E-state index is -4.39. The van der Waals surface area contributed by atoms with Gasteiger partial charge in [0.2, 0.25) is 5.88 Å². The maximum Gasteiger partial charge on any atom is 0.410 e. The highest BCUT2D eigenvalue weighted by molar-refractivity contribution is 5.96. The molecule has 1 N–H and O–H groups in total. The molecule has 10 heteroatoms. The van der Waals surface area contributed by atoms with Crippen LogP contribution in [0.5, 0.6) is 5.88 Å². The van der Waals surface area contributed by atoms with E-state index in [2.05, 4.69) is 15.4 Å². The molecule has 0 aromatic carbocycles. The van der Waals surface area contributed by atoms with Crippen LogP contribution in [-0.2, 0) is 0 Å². The average Bonchev–Trinajstić information content (AvgIpc) is 3.12. The summed E-state index contributed by atoms with van der Waals surface area (Å²) in [7, 11) is 0. The Morgan fingerprint density at radius 1 is 1.39 bits per heavy atom. The molecule has 1 fully saturated rings. The van der Waals surface area contributed by atoms with Crippen molar-refractivity contribution in [2.45, 2.75) is 51.4 Å². The van der Waals surface area contributed by atoms with E-state index in [-0.39, 0.29) is 24.1 Å². The molecular weight excluding hydrogens is 411 g/mol. The predicted molar refractivity (Wildman–Crippen MR) is 108 cm³/mol. The topological polar surface area (TPSA) is 72.3 Å². The second kappa shape index (κ2) is 8.39. The van der Waals surface area contributed by atoms with E-state index in [9.17, 15) is 18.0 Å². The number of aromatic nitrogens is 3. The molecule has 0 bridgehead atoms. The van der Waals surface area contributed by atoms with Crippen molar-refractivity contribution in [2.24, 2.45) is 5.92 Å². The fraction of sp³-hybridized carbons (Fsp3) is 0.571. The van der Waals surface area contributed by atoms with Crippen molar-refractivity contribution in [3.05, 3.63) is 35.7 Å². The van der Waals surface area contributed by atoms with Crippen LogP contribution in [0, 0.1) is 12.8 Å². The summed E-state index contributed by atoms with van der Waals surface area (Å²) in [5, 5.41) is 7.28. The summed E-state index contributed by atoms with van der Waals surface area (Å²) in [5.74, 6) is 0.360. The van der Waals surface area contributed by atoms with Crippen LogP contribution >= 0.6 is 0 Å². The lowest BCUT2D eigenvalue weighted by Crippen LogP contribution is -2.49. The first-order valence-corrected chi connectivity index (χ1v) is 10.5. The third kappa shape index (κ3) is 4.33. The van der Waals surface area contributed by atoms with E-state index >= 15 is 0 Å². The van der Waals surface area contributed by atoms with Crippen LogP contribution in [0.2, 0.25) is 0 Å². The van der Waals surface area contributed by atoms with E-state index in [0.29, 0.717) is 36.8 Å². The third-order valence-electron chi connectivity index (χ3n) is 5.94. The third-order valence-corrected chi connectivity index (χ3v) is 5.94. The zero-order chi connectivity index (χ0) is 22.2. The van der Waals surface area contributed by atoms with Crippen LogP contribution in [0.4, 0.5) is 19.0 Å². The highest BCUT2D eigenvalue weighted by Crippen LogP contribution is 2.42. The Morgan fingerprint density at radius 3 is 2.94 bits per heavy atom. The maximum absolute atomic E-state index is 13.7. The van der Waals surface area contributed by atoms with E-state index in [0.717, 1.165) is 17.5 Å². The number of nitrogens with zero attached hydrogens (tertiary/aromatic N) is 4. The quantitative estimate of drug-likeness (QED) is 0.787. The molecule has 2 aromatic heterocycles. The van der Waals surface area contributed by atoms with Gasteiger partial charge in [0.05, 0.1) is 12.3 Å². The molecule has 0 saturated carbocycles. The number of rotatable bonds is 4. The number of carbonyl (C=O) groups is 1. The van der Waals surface area contributed by atoms with E-state index in [4.69, 9.17) is 4.74 Å². The molecule has 0 radical (unpaired) electrons. The summed E-state index contributed by atoms with van der Waals surface area (Å²) in [5.41, 5.74) is 0.918. The molecule has 1 amide bonds. The molecule has 3 atom stereocenters. The smallest absolute Gasteiger partial charge is 0.410 e. The van der Waals surface area contributed by atoms with Crippen molar-refractivity contribution in [3.63, 3.8) is 0 Å². The first kappa shape index (κ1) is 21.5. The fourth-order valence-electron chi connectivity index (χ4n) is 4.53. The number of pyridine rings is 1. The average molecular weight is 437 g/mol. The number of hydrogen-bond acceptors (Lipinski definition) is 5. The summed E-state index contributed by atoms with van der Waals surface area (Å²) < 4.78 is 47.7. The number of halogens is 3. The van der Waals surface area contributed by atoms with Crippen molar-refractivity contribution < 1.29 is 22.7 Å². The zero-order valence-electron chi connectivity index (χ0n) is 17.5. The summed E-state index contributed by atoms with van der Waals surface area (Å²) in [6.07, 6.45) is -1.45. The lowest BCUT2D eigenvalue weighted by Gasteiger charge is -2.41. The fourth-order valence-corrected chi connectivity index (χ4v) is 4.53. The number of aryl methyl sites for hydroxylation is 1. The summed E-state index contributed by atoms with van der Waals surface area (Å²) in [6, 6.07) is 2.92. The number of ether oxygens (including phenoxy) is 1. The predicted octanol–water partition coefficient (Wildman–Crippen LogP) is 3.83. The number of anilines is 1. The zero-order valence-corrected chi connectivity index (χ0v) is 17.5. The van der Waals surface area contributed by atoms with Gasteiger partial charge >= 0.3 is 6.18 Å². The van der Waals surface area contributed by atoms with Gasteiger partial charge in [-0.1, -0.05) is 0 Å². The monoisotopic (exact) mass is 437 g/mol. The van der Waals surface area contributed by atoms with Gasteiger partial charge in [0.1, 0.15) is 11.4 Å². The van der Waals surface area contributed by atoms with Gasteiger partial charge in [-0.15, -0.1) is 0 Å². The van der Waals surface area contributed by atoms with Crippen LogP contribution in [0.3, 0.4) is 0 Å². The molecule has 2 aliphatic heterocycles. The molecule has 1 saturated heterocycles. The Bertz CT molecular complexity index is 945. The maximum atomic E-state index is 13.7. The number of carbonyl (C=O) groups excluding carboxylic acids is 1. The number of likely N-dealkylation sites (tertiary alicyclic amines) is 1. The Labute approximate surface area is 178 Å². The van der Waals surface area contributed by atoms with Crippen LogP contribution in [-0.4, -0.2) is 57.5 Å². The summed E-state index contributed by atoms with van der Waals surface area (Å²) in [6.45, 7) is 4.83. The second-order valence-corrected chi connectivity index (χ2v) is 8.10. The van der Waals surface area contributed by atoms with Gasteiger partial charge in [-0.3, -0.25) is 4.79 Å². The van der Waals surface area contributed by atoms with Crippen LogP contribution in [0.1, 0.15) is 48.3 Å². The van der Waals surface area contributed by atoms with Crippen molar-refractivity contribution >= 4 is 11.7 Å². The van der Waals surface area contributed by atoms with Gasteiger partial charge in [-0.25, -0.2) is 9.67 Å². The molecule has 7 nitrogen and oxygen atoms in total. The molecule has 2 aromatic rings. The summed E-state index contributed by atoms with van der Waals surface area (Å²) >= 11 is 0. The van der Waals surface area contributed by atoms with Crippen molar-refractivity contribution in [1.82, 2.24) is 19.7 Å². The van der Waals surface area contributed by atoms with Crippen LogP contribution in [0.15, 0.2) is 24.4 Å². The first-order valence-electron chi connectivity index (χ1n) is 10.5. The molecule has 0 spiro atoms. The van der Waals surface area contributed by atoms with Gasteiger partial charge in [-0.2, -0.15) is 18.3 Å². The number of hydrogen-bond donors (Lipinski definition) is 1. The molecule has 0 aliphatic carbocycles. The SMILES string of the molecule is CCOc1ncccc1C(=O)N1CCC[C@H]([C@H]2C[C@H](C(F)(F)F)n3nc(C)cc3N2)C1. The largest absolute Gasteiger partial charge is 0.477 e. The lowest BCUT2D eigenvalue weighted by molar-refractivity contribution is -0.174. The van der Waals surface area contributed by atoms with Gasteiger partial charge in [-0.05, 0) is 51.2 Å². The summed E-state index contributed by atoms with van der Waals surface area (Å²) in [4.78, 5) is 19.0. The van der Waals surface area contributed by atoms with E-state index < -0.39 is 18.3 Å². The van der Waals surface area contributed by atoms with Crippen LogP contribution in [0.25, 0.3) is 0 Å². The lowest BCUT2D eigenvalue weighted by atomic mass is 9.85. The molecular formula is C21H26F3N5O2. The standard InChI is InChI=1S/C21H26F3N5O2/c1-3-31-19-15(7-4-8-25-19)20(30)28-9-5-6-14(12-28)16-11-17(21(22,23)24)29-18(26-16)10-13(2)27-29/h4,7-8,10,14,16-17,26H,3,5-6,9,11-12H2,1-2H3/t14-,16+,17+/m0/s1. The molecule has 4 rings (SSSR count). The number of piperidine rings is 1. The minimum Gasteiger partial charge on any atom is -0.477 e.